The Labute approximate surface area is 682 Å². The van der Waals surface area contributed by atoms with Gasteiger partial charge in [0.2, 0.25) is 0 Å². The molecule has 18 heteroatoms. The summed E-state index contributed by atoms with van der Waals surface area (Å²) in [5.41, 5.74) is 33.1. The second-order valence-electron chi connectivity index (χ2n) is 31.6. The molecule has 108 heavy (non-hydrogen) atoms. The van der Waals surface area contributed by atoms with Gasteiger partial charge in [-0.2, -0.15) is 0 Å². The van der Waals surface area contributed by atoms with E-state index in [9.17, 15) is 10.0 Å². The summed E-state index contributed by atoms with van der Waals surface area (Å²) in [5.74, 6) is 0.493. The number of rotatable bonds is 6. The van der Waals surface area contributed by atoms with E-state index in [-0.39, 0.29) is 48.0 Å². The van der Waals surface area contributed by atoms with Crippen molar-refractivity contribution in [1.29, 1.82) is 0 Å². The van der Waals surface area contributed by atoms with Crippen LogP contribution in [0.5, 0.6) is 0 Å². The molecule has 0 bridgehead atoms. The predicted octanol–water partition coefficient (Wildman–Crippen LogP) is 21.1. The Bertz CT molecular complexity index is 5390. The topological polar surface area (TPSA) is 103 Å². The first kappa shape index (κ1) is 77.1. The summed E-state index contributed by atoms with van der Waals surface area (Å²) in [6, 6.07) is 93.3. The number of benzene rings is 12. The van der Waals surface area contributed by atoms with E-state index in [1.54, 1.807) is 12.1 Å². The number of halogens is 5. The molecular weight excluding hydrogens is 1650 g/mol. The van der Waals surface area contributed by atoms with Gasteiger partial charge in [0.1, 0.15) is 0 Å². The Kier molecular flexibility index (Phi) is 21.8. The average Bonchev–Trinajstić information content (AvgIpc) is 1.57. The molecule has 0 aromatic heterocycles. The number of nitrogens with two attached hydrogens (primary N) is 1. The molecule has 6 aliphatic heterocycles. The van der Waals surface area contributed by atoms with Gasteiger partial charge in [-0.15, -0.1) is 0 Å². The normalized spacial score (nSPS) is 15.9. The number of fused-ring (bicyclic) bond motifs is 17. The van der Waals surface area contributed by atoms with Crippen molar-refractivity contribution in [2.24, 2.45) is 0 Å². The Morgan fingerprint density at radius 2 is 0.778 bits per heavy atom. The maximum atomic E-state index is 9.30. The van der Waals surface area contributed by atoms with Gasteiger partial charge in [-0.25, -0.2) is 0 Å². The summed E-state index contributed by atoms with van der Waals surface area (Å²) in [6.45, 7) is 27.6. The van der Waals surface area contributed by atoms with Gasteiger partial charge in [-0.1, -0.05) is 317 Å². The van der Waals surface area contributed by atoms with E-state index in [1.165, 1.54) is 100 Å². The first-order valence-electron chi connectivity index (χ1n) is 36.9. The summed E-state index contributed by atoms with van der Waals surface area (Å²) in [4.78, 5) is 5.08. The quantitative estimate of drug-likeness (QED) is 0.0965. The van der Waals surface area contributed by atoms with E-state index in [2.05, 4.69) is 384 Å². The van der Waals surface area contributed by atoms with Crippen LogP contribution in [0.2, 0.25) is 0 Å². The van der Waals surface area contributed by atoms with Gasteiger partial charge >= 0.3 is 27.9 Å². The van der Waals surface area contributed by atoms with Crippen molar-refractivity contribution in [2.75, 3.05) is 20.6 Å². The molecule has 1 fully saturated rings. The number of hydrogen-bond donors (Lipinski definition) is 4. The lowest BCUT2D eigenvalue weighted by Crippen LogP contribution is -2.55. The fraction of sp³-hybridized carbons (Fsp3) is 0.200. The molecule has 5 N–H and O–H groups in total. The minimum absolute atomic E-state index is 0.00350. The van der Waals surface area contributed by atoms with Crippen LogP contribution in [0.15, 0.2) is 289 Å². The number of nitrogens with zero attached hydrogens (tertiary/aromatic N) is 2. The van der Waals surface area contributed by atoms with Crippen molar-refractivity contribution in [3.8, 4) is 44.5 Å². The van der Waals surface area contributed by atoms with Crippen LogP contribution in [-0.4, -0.2) is 56.0 Å². The van der Waals surface area contributed by atoms with E-state index >= 15 is 0 Å². The molecule has 0 radical (unpaired) electrons. The fourth-order valence-electron chi connectivity index (χ4n) is 16.7. The highest BCUT2D eigenvalue weighted by atomic mass is 79.9. The number of anilines is 6. The fourth-order valence-corrected chi connectivity index (χ4v) is 18.8. The number of nitrogen functional groups attached to an aromatic ring is 1. The van der Waals surface area contributed by atoms with Crippen molar-refractivity contribution in [3.05, 3.63) is 312 Å². The van der Waals surface area contributed by atoms with Crippen molar-refractivity contribution in [1.82, 2.24) is 0 Å². The van der Waals surface area contributed by atoms with Gasteiger partial charge in [0, 0.05) is 67.6 Å². The molecule has 0 atom stereocenters. The van der Waals surface area contributed by atoms with Crippen molar-refractivity contribution in [2.45, 2.75) is 116 Å². The van der Waals surface area contributed by atoms with Crippen LogP contribution < -0.4 is 47.9 Å². The Balaban J connectivity index is 0.000000117. The molecule has 18 rings (SSSR count). The number of nitrogens with one attached hydrogen (secondary N) is 1. The first-order chi connectivity index (χ1) is 51.5. The molecule has 1 saturated heterocycles. The highest BCUT2D eigenvalue weighted by Crippen LogP contribution is 2.54. The van der Waals surface area contributed by atoms with Gasteiger partial charge in [-0.3, -0.25) is 0 Å². The lowest BCUT2D eigenvalue weighted by Gasteiger charge is -2.38. The molecule has 6 heterocycles. The van der Waals surface area contributed by atoms with Gasteiger partial charge < -0.3 is 39.9 Å². The van der Waals surface area contributed by atoms with Gasteiger partial charge in [-0.05, 0) is 217 Å². The molecule has 0 amide bonds. The smallest absolute Gasteiger partial charge is 0.423 e. The third-order valence-corrected chi connectivity index (χ3v) is 25.8. The van der Waals surface area contributed by atoms with Crippen LogP contribution in [0.4, 0.5) is 34.1 Å². The third-order valence-electron chi connectivity index (χ3n) is 22.9. The summed E-state index contributed by atoms with van der Waals surface area (Å²) >= 11 is 17.9. The monoisotopic (exact) mass is 1740 g/mol. The molecule has 12 aromatic carbocycles. The Morgan fingerprint density at radius 3 is 1.28 bits per heavy atom. The SMILES string of the molecule is CC(C)c1cc(Br)ccc1N.CC1(C)B(c2ccccc2-c2ccccc2Br)Nc2ccc(Br)cc21.CC1(C)B2c3ccccc3-c3ccccc3N2c2ccc(B3OC(C)(C)C(C)(C)O3)cc21.CC1(C)B2c3ccccc3-c3ccccc3N2c2ccc(Br)cc21.OB(O)c1ccccc1-c1ccccc1Br. The molecule has 12 aromatic rings. The maximum absolute atomic E-state index is 9.30. The van der Waals surface area contributed by atoms with E-state index in [4.69, 9.17) is 15.0 Å². The Hall–Kier alpha value is -7.60. The minimum atomic E-state index is -1.46. The largest absolute Gasteiger partial charge is 0.494 e. The zero-order valence-corrected chi connectivity index (χ0v) is 70.9. The third kappa shape index (κ3) is 14.3. The lowest BCUT2D eigenvalue weighted by atomic mass is 9.37. The molecule has 0 saturated carbocycles. The summed E-state index contributed by atoms with van der Waals surface area (Å²) < 4.78 is 18.2. The van der Waals surface area contributed by atoms with E-state index < -0.39 is 7.12 Å². The highest BCUT2D eigenvalue weighted by molar-refractivity contribution is 9.11. The van der Waals surface area contributed by atoms with Crippen LogP contribution in [0.1, 0.15) is 111 Å². The Morgan fingerprint density at radius 1 is 0.389 bits per heavy atom. The predicted molar refractivity (Wildman–Crippen MR) is 479 cm³/mol. The van der Waals surface area contributed by atoms with Gasteiger partial charge in [0.25, 0.3) is 6.85 Å². The molecule has 0 spiro atoms. The van der Waals surface area contributed by atoms with Gasteiger partial charge in [0.15, 0.2) is 0 Å². The molecule has 540 valence electrons. The van der Waals surface area contributed by atoms with Crippen LogP contribution in [-0.2, 0) is 25.3 Å². The summed E-state index contributed by atoms with van der Waals surface area (Å²) in [6.07, 6.45) is 0. The van der Waals surface area contributed by atoms with Gasteiger partial charge in [0.05, 0.1) is 11.2 Å². The second-order valence-corrected chi connectivity index (χ2v) is 36.1. The van der Waals surface area contributed by atoms with Crippen molar-refractivity contribution in [3.63, 3.8) is 0 Å². The number of para-hydroxylation sites is 2. The highest BCUT2D eigenvalue weighted by Gasteiger charge is 2.56. The first-order valence-corrected chi connectivity index (χ1v) is 40.9. The maximum Gasteiger partial charge on any atom is 0.494 e. The second kappa shape index (κ2) is 30.6. The van der Waals surface area contributed by atoms with Crippen LogP contribution in [0, 0.1) is 0 Å². The molecular formula is C90H86B5Br5N4O4. The van der Waals surface area contributed by atoms with Crippen molar-refractivity contribution >= 4 is 176 Å². The van der Waals surface area contributed by atoms with Crippen molar-refractivity contribution < 1.29 is 19.4 Å². The lowest BCUT2D eigenvalue weighted by molar-refractivity contribution is 0.00578. The van der Waals surface area contributed by atoms with E-state index in [0.29, 0.717) is 18.2 Å². The van der Waals surface area contributed by atoms with Crippen LogP contribution in [0.25, 0.3) is 44.5 Å². The molecule has 8 nitrogen and oxygen atoms in total. The van der Waals surface area contributed by atoms with Crippen LogP contribution in [0.3, 0.4) is 0 Å². The molecule has 0 unspecified atom stereocenters. The molecule has 0 aliphatic carbocycles. The van der Waals surface area contributed by atoms with E-state index in [0.717, 1.165) is 44.6 Å². The average molecular weight is 1740 g/mol. The molecule has 6 aliphatic rings. The van der Waals surface area contributed by atoms with E-state index in [1.807, 2.05) is 48.5 Å². The number of hydrogen-bond acceptors (Lipinski definition) is 8. The minimum Gasteiger partial charge on any atom is -0.423 e. The summed E-state index contributed by atoms with van der Waals surface area (Å²) in [5, 5.41) is 22.3. The summed E-state index contributed by atoms with van der Waals surface area (Å²) in [7, 11) is -1.80. The zero-order chi connectivity index (χ0) is 76.5. The zero-order valence-electron chi connectivity index (χ0n) is 62.9. The van der Waals surface area contributed by atoms with Crippen LogP contribution >= 0.6 is 79.6 Å². The standard InChI is InChI=1S/C27H29B2NO2.C21H18BBr2N.C21H17BBrN.C12H10BBrO2.C9H12BrN/c1-25(2)21-17-18(29-31-26(3,4)27(5,6)32-29)15-16-24(21)30-23-14-10-8-12-20(23)19-11-7-9-13-22(19)28(25)30;1-21(2)17-13-14(23)11-12-20(17)25-22(21)18-9-5-3-7-15(18)16-8-4-6-10-19(16)24;1-21(2)17-13-14(23)11-12-20(17)24-19-10-6-4-8-16(19)15-7-3-5-9-18(15)22(21)24;14-12-8-4-2-6-10(12)9-5-1-3-7-11(9)13(15)16;1-6(2)8-5-7(10)3-4-9(8)11/h7-17H,1-6H3;3-13,25H,1-2H3;3-13H,1-2H3;1-8,15-16H;3-6H,11H2,1-2H3.